The van der Waals surface area contributed by atoms with Crippen molar-refractivity contribution in [3.05, 3.63) is 41.2 Å². The molecule has 0 spiro atoms. The molecule has 1 unspecified atom stereocenters. The largest absolute Gasteiger partial charge is 0.311 e. The van der Waals surface area contributed by atoms with Gasteiger partial charge in [-0.05, 0) is 43.3 Å². The van der Waals surface area contributed by atoms with Crippen molar-refractivity contribution in [3.63, 3.8) is 0 Å². The van der Waals surface area contributed by atoms with Gasteiger partial charge in [0.1, 0.15) is 0 Å². The predicted molar refractivity (Wildman–Crippen MR) is 70.2 cm³/mol. The second-order valence-electron chi connectivity index (χ2n) is 4.51. The van der Waals surface area contributed by atoms with Crippen LogP contribution < -0.4 is 5.32 Å². The molecule has 0 fully saturated rings. The fourth-order valence-corrected chi connectivity index (χ4v) is 1.91. The Kier molecular flexibility index (Phi) is 4.04. The highest BCUT2D eigenvalue weighted by atomic mass is 15.5. The molecule has 1 atom stereocenters. The number of nitrogens with one attached hydrogen (secondary N) is 1. The first-order valence-electron chi connectivity index (χ1n) is 6.19. The van der Waals surface area contributed by atoms with Crippen LogP contribution in [0.15, 0.2) is 24.3 Å². The van der Waals surface area contributed by atoms with E-state index in [9.17, 15) is 0 Å². The first-order valence-corrected chi connectivity index (χ1v) is 6.19. The Morgan fingerprint density at radius 2 is 2.22 bits per heavy atom. The fraction of sp³-hybridized carbons (Fsp3) is 0.462. The lowest BCUT2D eigenvalue weighted by Gasteiger charge is -2.10. The number of hydrogen-bond acceptors (Lipinski definition) is 4. The summed E-state index contributed by atoms with van der Waals surface area (Å²) in [6, 6.07) is 8.69. The number of hydrogen-bond donors (Lipinski definition) is 1. The highest BCUT2D eigenvalue weighted by molar-refractivity contribution is 5.22. The van der Waals surface area contributed by atoms with Gasteiger partial charge in [-0.15, -0.1) is 5.10 Å². The summed E-state index contributed by atoms with van der Waals surface area (Å²) in [6.45, 7) is 4.96. The maximum Gasteiger partial charge on any atom is 0.167 e. The molecule has 1 N–H and O–H groups in total. The van der Waals surface area contributed by atoms with Crippen LogP contribution in [-0.2, 0) is 13.0 Å². The van der Waals surface area contributed by atoms with E-state index in [4.69, 9.17) is 0 Å². The third-order valence-corrected chi connectivity index (χ3v) is 3.07. The lowest BCUT2D eigenvalue weighted by molar-refractivity contribution is 0.512. The maximum atomic E-state index is 4.06. The molecular weight excluding hydrogens is 226 g/mol. The summed E-state index contributed by atoms with van der Waals surface area (Å²) in [7, 11) is 1.91. The monoisotopic (exact) mass is 245 g/mol. The van der Waals surface area contributed by atoms with Crippen LogP contribution in [0.5, 0.6) is 0 Å². The maximum absolute atomic E-state index is 4.06. The smallest absolute Gasteiger partial charge is 0.167 e. The molecule has 1 aromatic carbocycles. The summed E-state index contributed by atoms with van der Waals surface area (Å²) >= 11 is 0. The normalized spacial score (nSPS) is 12.6. The first kappa shape index (κ1) is 12.7. The molecule has 2 aromatic rings. The summed E-state index contributed by atoms with van der Waals surface area (Å²) < 4.78 is 1.86. The molecule has 18 heavy (non-hydrogen) atoms. The lowest BCUT2D eigenvalue weighted by Crippen LogP contribution is -2.19. The Balaban J connectivity index is 2.04. The highest BCUT2D eigenvalue weighted by Crippen LogP contribution is 2.09. The predicted octanol–water partition coefficient (Wildman–Crippen LogP) is 1.50. The minimum atomic E-state index is 0.164. The van der Waals surface area contributed by atoms with E-state index in [1.54, 1.807) is 0 Å². The average molecular weight is 245 g/mol. The number of nitrogens with zero attached hydrogens (tertiary/aromatic N) is 4. The van der Waals surface area contributed by atoms with Crippen LogP contribution in [0, 0.1) is 6.92 Å². The number of aromatic nitrogens is 4. The van der Waals surface area contributed by atoms with Gasteiger partial charge in [-0.1, -0.05) is 29.8 Å². The van der Waals surface area contributed by atoms with Crippen LogP contribution in [-0.4, -0.2) is 27.3 Å². The highest BCUT2D eigenvalue weighted by Gasteiger charge is 2.12. The summed E-state index contributed by atoms with van der Waals surface area (Å²) in [5, 5.41) is 15.0. The van der Waals surface area contributed by atoms with Crippen LogP contribution in [0.1, 0.15) is 29.9 Å². The van der Waals surface area contributed by atoms with Crippen molar-refractivity contribution < 1.29 is 0 Å². The van der Waals surface area contributed by atoms with Gasteiger partial charge in [-0.3, -0.25) is 0 Å². The molecule has 0 aliphatic carbocycles. The van der Waals surface area contributed by atoms with E-state index in [1.165, 1.54) is 11.1 Å². The molecule has 0 saturated heterocycles. The quantitative estimate of drug-likeness (QED) is 0.867. The van der Waals surface area contributed by atoms with E-state index in [0.29, 0.717) is 0 Å². The molecular formula is C13H19N5. The third-order valence-electron chi connectivity index (χ3n) is 3.07. The summed E-state index contributed by atoms with van der Waals surface area (Å²) in [5.41, 5.74) is 2.60. The Morgan fingerprint density at radius 1 is 1.39 bits per heavy atom. The molecule has 0 amide bonds. The van der Waals surface area contributed by atoms with Gasteiger partial charge in [0.15, 0.2) is 5.82 Å². The molecule has 5 heteroatoms. The van der Waals surface area contributed by atoms with Crippen molar-refractivity contribution in [2.24, 2.45) is 0 Å². The Labute approximate surface area is 107 Å². The molecule has 0 bridgehead atoms. The second-order valence-corrected chi connectivity index (χ2v) is 4.51. The summed E-state index contributed by atoms with van der Waals surface area (Å²) in [4.78, 5) is 0. The zero-order chi connectivity index (χ0) is 13.0. The van der Waals surface area contributed by atoms with Crippen LogP contribution in [0.3, 0.4) is 0 Å². The third kappa shape index (κ3) is 2.92. The number of tetrazole rings is 1. The number of benzene rings is 1. The van der Waals surface area contributed by atoms with Crippen molar-refractivity contribution in [3.8, 4) is 0 Å². The van der Waals surface area contributed by atoms with E-state index in [2.05, 4.69) is 59.0 Å². The Morgan fingerprint density at radius 3 is 2.94 bits per heavy atom. The topological polar surface area (TPSA) is 55.6 Å². The molecule has 2 rings (SSSR count). The number of rotatable bonds is 5. The SMILES string of the molecule is CNC(C)c1nnnn1CCc1cccc(C)c1. The van der Waals surface area contributed by atoms with Crippen molar-refractivity contribution in [1.82, 2.24) is 25.5 Å². The Bertz CT molecular complexity index is 506. The minimum absolute atomic E-state index is 0.164. The number of aryl methyl sites for hydroxylation is 3. The zero-order valence-electron chi connectivity index (χ0n) is 11.1. The summed E-state index contributed by atoms with van der Waals surface area (Å²) in [5.74, 6) is 0.880. The second kappa shape index (κ2) is 5.73. The van der Waals surface area contributed by atoms with Crippen molar-refractivity contribution in [2.75, 3.05) is 7.05 Å². The van der Waals surface area contributed by atoms with Gasteiger partial charge in [-0.2, -0.15) is 0 Å². The van der Waals surface area contributed by atoms with E-state index in [0.717, 1.165) is 18.8 Å². The molecule has 5 nitrogen and oxygen atoms in total. The average Bonchev–Trinajstić information content (AvgIpc) is 2.84. The standard InChI is InChI=1S/C13H19N5/c1-10-5-4-6-12(9-10)7-8-18-13(11(2)14-3)15-16-17-18/h4-6,9,11,14H,7-8H2,1-3H3. The molecule has 0 radical (unpaired) electrons. The van der Waals surface area contributed by atoms with Crippen molar-refractivity contribution in [1.29, 1.82) is 0 Å². The van der Waals surface area contributed by atoms with E-state index in [-0.39, 0.29) is 6.04 Å². The van der Waals surface area contributed by atoms with Gasteiger partial charge < -0.3 is 5.32 Å². The van der Waals surface area contributed by atoms with Crippen LogP contribution in [0.4, 0.5) is 0 Å². The molecule has 0 aliphatic heterocycles. The molecule has 96 valence electrons. The van der Waals surface area contributed by atoms with Gasteiger partial charge >= 0.3 is 0 Å². The Hall–Kier alpha value is -1.75. The van der Waals surface area contributed by atoms with E-state index in [1.807, 2.05) is 11.7 Å². The van der Waals surface area contributed by atoms with Gasteiger partial charge in [0.25, 0.3) is 0 Å². The molecule has 0 saturated carbocycles. The van der Waals surface area contributed by atoms with Gasteiger partial charge in [0.05, 0.1) is 6.04 Å². The molecule has 0 aliphatic rings. The van der Waals surface area contributed by atoms with Crippen molar-refractivity contribution >= 4 is 0 Å². The lowest BCUT2D eigenvalue weighted by atomic mass is 10.1. The minimum Gasteiger partial charge on any atom is -0.311 e. The van der Waals surface area contributed by atoms with Crippen LogP contribution in [0.2, 0.25) is 0 Å². The van der Waals surface area contributed by atoms with Crippen LogP contribution in [0.25, 0.3) is 0 Å². The van der Waals surface area contributed by atoms with Gasteiger partial charge in [-0.25, -0.2) is 4.68 Å². The summed E-state index contributed by atoms with van der Waals surface area (Å²) in [6.07, 6.45) is 0.941. The molecule has 1 heterocycles. The first-order chi connectivity index (χ1) is 8.70. The van der Waals surface area contributed by atoms with Gasteiger partial charge in [0.2, 0.25) is 0 Å². The fourth-order valence-electron chi connectivity index (χ4n) is 1.91. The zero-order valence-corrected chi connectivity index (χ0v) is 11.1. The van der Waals surface area contributed by atoms with Crippen molar-refractivity contribution in [2.45, 2.75) is 32.9 Å². The van der Waals surface area contributed by atoms with E-state index < -0.39 is 0 Å². The van der Waals surface area contributed by atoms with E-state index >= 15 is 0 Å². The molecule has 1 aromatic heterocycles. The van der Waals surface area contributed by atoms with Gasteiger partial charge in [0, 0.05) is 6.54 Å². The van der Waals surface area contributed by atoms with Crippen LogP contribution >= 0.6 is 0 Å².